The smallest absolute Gasteiger partial charge is 0.189 e. The Balaban J connectivity index is 1.55. The number of nitrogens with zero attached hydrogens (tertiary/aromatic N) is 3. The second kappa shape index (κ2) is 9.35. The quantitative estimate of drug-likeness (QED) is 0.525. The number of benzene rings is 1. The van der Waals surface area contributed by atoms with Crippen LogP contribution >= 0.6 is 11.3 Å². The highest BCUT2D eigenvalue weighted by Crippen LogP contribution is 2.37. The third-order valence-corrected chi connectivity index (χ3v) is 7.17. The summed E-state index contributed by atoms with van der Waals surface area (Å²) in [4.78, 5) is 7.95. The topological polar surface area (TPSA) is 109 Å². The molecule has 0 spiro atoms. The number of ether oxygens (including phenoxy) is 2. The standard InChI is InChI=1S/C20H25N5O4S2/c1-14-19(30-20(22-14)23-18-5-6-21-24-18)15-3-4-17(31(2,26)27)16(13-15)29-12-9-25-7-10-28-11-8-25/h3-6,13H,7-12H2,1-2H3,(H2,21,22,23,24). The third kappa shape index (κ3) is 5.42. The molecule has 0 amide bonds. The Labute approximate surface area is 185 Å². The summed E-state index contributed by atoms with van der Waals surface area (Å²) in [5.41, 5.74) is 1.71. The molecule has 0 atom stereocenters. The summed E-state index contributed by atoms with van der Waals surface area (Å²) in [5, 5.41) is 10.7. The normalized spacial score (nSPS) is 15.2. The van der Waals surface area contributed by atoms with Gasteiger partial charge >= 0.3 is 0 Å². The summed E-state index contributed by atoms with van der Waals surface area (Å²) in [6.07, 6.45) is 2.86. The Morgan fingerprint density at radius 3 is 2.81 bits per heavy atom. The molecule has 166 valence electrons. The van der Waals surface area contributed by atoms with Crippen molar-refractivity contribution in [3.8, 4) is 16.2 Å². The van der Waals surface area contributed by atoms with Crippen LogP contribution in [0.5, 0.6) is 5.75 Å². The number of H-pyrrole nitrogens is 1. The molecule has 1 aliphatic rings. The van der Waals surface area contributed by atoms with Gasteiger partial charge in [0, 0.05) is 32.0 Å². The summed E-state index contributed by atoms with van der Waals surface area (Å²) >= 11 is 1.48. The van der Waals surface area contributed by atoms with E-state index in [-0.39, 0.29) is 4.90 Å². The van der Waals surface area contributed by atoms with E-state index in [1.165, 1.54) is 17.6 Å². The van der Waals surface area contributed by atoms with Crippen LogP contribution < -0.4 is 10.1 Å². The third-order valence-electron chi connectivity index (χ3n) is 4.91. The first-order chi connectivity index (χ1) is 14.9. The maximum absolute atomic E-state index is 12.3. The SMILES string of the molecule is Cc1nc(Nc2ccn[nH]2)sc1-c1ccc(S(C)(=O)=O)c(OCCN2CCOCC2)c1. The number of rotatable bonds is 8. The van der Waals surface area contributed by atoms with Crippen molar-refractivity contribution in [1.82, 2.24) is 20.1 Å². The van der Waals surface area contributed by atoms with E-state index in [1.54, 1.807) is 24.4 Å². The van der Waals surface area contributed by atoms with E-state index in [2.05, 4.69) is 25.4 Å². The molecular weight excluding hydrogens is 438 g/mol. The Kier molecular flexibility index (Phi) is 6.56. The lowest BCUT2D eigenvalue weighted by atomic mass is 10.1. The molecule has 0 radical (unpaired) electrons. The van der Waals surface area contributed by atoms with Crippen LogP contribution in [-0.4, -0.2) is 74.2 Å². The molecule has 2 N–H and O–H groups in total. The fourth-order valence-electron chi connectivity index (χ4n) is 3.34. The van der Waals surface area contributed by atoms with Crippen LogP contribution in [0.1, 0.15) is 5.69 Å². The van der Waals surface area contributed by atoms with Crippen LogP contribution in [0.25, 0.3) is 10.4 Å². The van der Waals surface area contributed by atoms with Gasteiger partial charge in [-0.25, -0.2) is 13.4 Å². The summed E-state index contributed by atoms with van der Waals surface area (Å²) in [7, 11) is -3.42. The van der Waals surface area contributed by atoms with Gasteiger partial charge in [-0.3, -0.25) is 10.00 Å². The molecule has 1 saturated heterocycles. The molecule has 0 saturated carbocycles. The van der Waals surface area contributed by atoms with Crippen LogP contribution in [-0.2, 0) is 14.6 Å². The second-order valence-corrected chi connectivity index (χ2v) is 10.2. The van der Waals surface area contributed by atoms with Gasteiger partial charge in [0.25, 0.3) is 0 Å². The summed E-state index contributed by atoms with van der Waals surface area (Å²) in [5.74, 6) is 1.11. The number of aromatic nitrogens is 3. The number of anilines is 2. The van der Waals surface area contributed by atoms with Crippen molar-refractivity contribution in [3.05, 3.63) is 36.2 Å². The highest BCUT2D eigenvalue weighted by molar-refractivity contribution is 7.90. The highest BCUT2D eigenvalue weighted by Gasteiger charge is 2.19. The molecule has 2 aromatic heterocycles. The van der Waals surface area contributed by atoms with Gasteiger partial charge in [0.15, 0.2) is 15.0 Å². The number of morpholine rings is 1. The van der Waals surface area contributed by atoms with Gasteiger partial charge in [0.1, 0.15) is 23.1 Å². The number of aryl methyl sites for hydroxylation is 1. The van der Waals surface area contributed by atoms with Crippen molar-refractivity contribution >= 4 is 32.1 Å². The monoisotopic (exact) mass is 463 g/mol. The predicted octanol–water partition coefficient (Wildman–Crippen LogP) is 2.70. The molecule has 31 heavy (non-hydrogen) atoms. The van der Waals surface area contributed by atoms with Gasteiger partial charge in [0.05, 0.1) is 30.0 Å². The lowest BCUT2D eigenvalue weighted by molar-refractivity contribution is 0.0321. The number of sulfone groups is 1. The fraction of sp³-hybridized carbons (Fsp3) is 0.400. The van der Waals surface area contributed by atoms with E-state index in [4.69, 9.17) is 9.47 Å². The maximum atomic E-state index is 12.3. The molecule has 1 fully saturated rings. The maximum Gasteiger partial charge on any atom is 0.189 e. The molecule has 3 aromatic rings. The number of thiazole rings is 1. The Bertz CT molecular complexity index is 1120. The number of nitrogens with one attached hydrogen (secondary N) is 2. The van der Waals surface area contributed by atoms with Crippen LogP contribution in [0.15, 0.2) is 35.4 Å². The van der Waals surface area contributed by atoms with E-state index in [0.29, 0.717) is 32.1 Å². The molecule has 3 heterocycles. The zero-order valence-corrected chi connectivity index (χ0v) is 19.1. The lowest BCUT2D eigenvalue weighted by Crippen LogP contribution is -2.38. The van der Waals surface area contributed by atoms with E-state index in [0.717, 1.165) is 40.2 Å². The number of hydrogen-bond acceptors (Lipinski definition) is 9. The van der Waals surface area contributed by atoms with Crippen molar-refractivity contribution < 1.29 is 17.9 Å². The van der Waals surface area contributed by atoms with Crippen molar-refractivity contribution in [2.45, 2.75) is 11.8 Å². The molecule has 1 aromatic carbocycles. The molecule has 4 rings (SSSR count). The van der Waals surface area contributed by atoms with Crippen molar-refractivity contribution in [2.24, 2.45) is 0 Å². The zero-order chi connectivity index (χ0) is 21.8. The van der Waals surface area contributed by atoms with Gasteiger partial charge in [-0.2, -0.15) is 5.10 Å². The van der Waals surface area contributed by atoms with E-state index in [1.807, 2.05) is 13.0 Å². The molecule has 0 unspecified atom stereocenters. The molecular formula is C20H25N5O4S2. The Morgan fingerprint density at radius 1 is 1.29 bits per heavy atom. The van der Waals surface area contributed by atoms with Crippen molar-refractivity contribution in [1.29, 1.82) is 0 Å². The highest BCUT2D eigenvalue weighted by atomic mass is 32.2. The number of aromatic amines is 1. The average molecular weight is 464 g/mol. The summed E-state index contributed by atoms with van der Waals surface area (Å²) in [6, 6.07) is 7.01. The molecule has 0 bridgehead atoms. The molecule has 0 aliphatic carbocycles. The minimum Gasteiger partial charge on any atom is -0.491 e. The Morgan fingerprint density at radius 2 is 2.10 bits per heavy atom. The molecule has 9 nitrogen and oxygen atoms in total. The first-order valence-electron chi connectivity index (χ1n) is 9.91. The van der Waals surface area contributed by atoms with Crippen LogP contribution in [0.3, 0.4) is 0 Å². The second-order valence-electron chi connectivity index (χ2n) is 7.27. The minimum absolute atomic E-state index is 0.191. The van der Waals surface area contributed by atoms with Gasteiger partial charge in [0.2, 0.25) is 0 Å². The van der Waals surface area contributed by atoms with E-state index < -0.39 is 9.84 Å². The first-order valence-corrected chi connectivity index (χ1v) is 12.6. The van der Waals surface area contributed by atoms with Gasteiger partial charge in [-0.15, -0.1) is 0 Å². The summed E-state index contributed by atoms with van der Waals surface area (Å²) in [6.45, 7) is 6.18. The van der Waals surface area contributed by atoms with Gasteiger partial charge in [-0.05, 0) is 24.6 Å². The summed E-state index contributed by atoms with van der Waals surface area (Å²) < 4.78 is 35.9. The van der Waals surface area contributed by atoms with E-state index in [9.17, 15) is 8.42 Å². The van der Waals surface area contributed by atoms with Crippen LogP contribution in [0, 0.1) is 6.92 Å². The number of hydrogen-bond donors (Lipinski definition) is 2. The predicted molar refractivity (Wildman–Crippen MR) is 120 cm³/mol. The Hall–Kier alpha value is -2.47. The largest absolute Gasteiger partial charge is 0.491 e. The average Bonchev–Trinajstić information content (AvgIpc) is 3.37. The van der Waals surface area contributed by atoms with Crippen molar-refractivity contribution in [2.75, 3.05) is 51.0 Å². The zero-order valence-electron chi connectivity index (χ0n) is 17.4. The van der Waals surface area contributed by atoms with Gasteiger partial charge in [-0.1, -0.05) is 17.4 Å². The van der Waals surface area contributed by atoms with Crippen molar-refractivity contribution in [3.63, 3.8) is 0 Å². The molecule has 1 aliphatic heterocycles. The van der Waals surface area contributed by atoms with Crippen LogP contribution in [0.2, 0.25) is 0 Å². The minimum atomic E-state index is -3.42. The van der Waals surface area contributed by atoms with E-state index >= 15 is 0 Å². The van der Waals surface area contributed by atoms with Crippen LogP contribution in [0.4, 0.5) is 10.9 Å². The molecule has 11 heteroatoms. The fourth-order valence-corrected chi connectivity index (χ4v) is 5.11. The first kappa shape index (κ1) is 21.8. The van der Waals surface area contributed by atoms with Gasteiger partial charge < -0.3 is 14.8 Å². The lowest BCUT2D eigenvalue weighted by Gasteiger charge is -2.26.